The fourth-order valence-corrected chi connectivity index (χ4v) is 2.69. The molecule has 2 aromatic rings. The third-order valence-corrected chi connectivity index (χ3v) is 4.02. The van der Waals surface area contributed by atoms with Crippen LogP contribution >= 0.6 is 7.60 Å². The van der Waals surface area contributed by atoms with Crippen molar-refractivity contribution in [3.63, 3.8) is 0 Å². The van der Waals surface area contributed by atoms with E-state index >= 15 is 0 Å². The molecule has 1 aromatic heterocycles. The van der Waals surface area contributed by atoms with E-state index in [0.717, 1.165) is 7.11 Å². The van der Waals surface area contributed by atoms with E-state index in [9.17, 15) is 9.46 Å². The lowest BCUT2D eigenvalue weighted by atomic mass is 10.2. The van der Waals surface area contributed by atoms with Crippen LogP contribution in [-0.2, 0) is 16.1 Å². The van der Waals surface area contributed by atoms with Crippen LogP contribution in [0.4, 0.5) is 0 Å². The first-order valence-corrected chi connectivity index (χ1v) is 6.74. The highest BCUT2D eigenvalue weighted by molar-refractivity contribution is 7.60. The average molecular weight is 268 g/mol. The van der Waals surface area contributed by atoms with Gasteiger partial charge in [0.25, 0.3) is 0 Å². The van der Waals surface area contributed by atoms with E-state index in [1.54, 1.807) is 32.4 Å². The van der Waals surface area contributed by atoms with Gasteiger partial charge in [0.05, 0.1) is 12.4 Å². The third-order valence-electron chi connectivity index (χ3n) is 2.59. The van der Waals surface area contributed by atoms with E-state index < -0.39 is 7.60 Å². The number of aromatic nitrogens is 2. The molecule has 18 heavy (non-hydrogen) atoms. The smallest absolute Gasteiger partial charge is 0.208 e. The van der Waals surface area contributed by atoms with Crippen molar-refractivity contribution in [3.05, 3.63) is 24.4 Å². The summed E-state index contributed by atoms with van der Waals surface area (Å²) < 4.78 is 22.9. The summed E-state index contributed by atoms with van der Waals surface area (Å²) in [6, 6.07) is 5.01. The molecule has 0 aliphatic carbocycles. The van der Waals surface area contributed by atoms with Crippen LogP contribution in [0.5, 0.6) is 5.75 Å². The molecule has 7 heteroatoms. The number of aryl methyl sites for hydroxylation is 1. The van der Waals surface area contributed by atoms with Gasteiger partial charge in [-0.1, -0.05) is 4.68 Å². The molecular formula is C11H13N2O4P. The number of benzene rings is 1. The first-order chi connectivity index (χ1) is 8.47. The van der Waals surface area contributed by atoms with Gasteiger partial charge in [-0.15, -0.1) is 0 Å². The standard InChI is InChI=1S/C11H13N2O4P/c1-13-7-11(18(14,15)17-3)9-5-4-8(16-2)6-10(9)12-13/h4-7H,1-3H3. The van der Waals surface area contributed by atoms with Crippen molar-refractivity contribution in [2.45, 2.75) is 0 Å². The van der Waals surface area contributed by atoms with Crippen molar-refractivity contribution in [2.24, 2.45) is 7.05 Å². The summed E-state index contributed by atoms with van der Waals surface area (Å²) in [6.45, 7) is 0. The predicted octanol–water partition coefficient (Wildman–Crippen LogP) is -0.107. The van der Waals surface area contributed by atoms with E-state index in [0.29, 0.717) is 16.7 Å². The zero-order valence-electron chi connectivity index (χ0n) is 10.3. The number of ether oxygens (including phenoxy) is 1. The maximum absolute atomic E-state index is 11.9. The van der Waals surface area contributed by atoms with Gasteiger partial charge in [0.15, 0.2) is 14.6 Å². The van der Waals surface area contributed by atoms with Crippen LogP contribution in [0.25, 0.3) is 10.9 Å². The topological polar surface area (TPSA) is 75.4 Å². The van der Waals surface area contributed by atoms with Crippen molar-refractivity contribution >= 4 is 23.8 Å². The van der Waals surface area contributed by atoms with Gasteiger partial charge in [0.1, 0.15) is 11.3 Å². The molecule has 0 aliphatic heterocycles. The molecule has 0 saturated heterocycles. The first-order valence-electron chi connectivity index (χ1n) is 5.20. The molecule has 0 fully saturated rings. The summed E-state index contributed by atoms with van der Waals surface area (Å²) in [5.41, 5.74) is 0.530. The molecule has 96 valence electrons. The molecule has 1 heterocycles. The summed E-state index contributed by atoms with van der Waals surface area (Å²) in [4.78, 5) is 11.9. The highest BCUT2D eigenvalue weighted by Crippen LogP contribution is 2.36. The van der Waals surface area contributed by atoms with Crippen LogP contribution in [0, 0.1) is 0 Å². The Balaban J connectivity index is 2.78. The van der Waals surface area contributed by atoms with Crippen LogP contribution in [-0.4, -0.2) is 19.3 Å². The van der Waals surface area contributed by atoms with Crippen LogP contribution in [0.1, 0.15) is 0 Å². The van der Waals surface area contributed by atoms with Crippen molar-refractivity contribution < 1.29 is 23.4 Å². The van der Waals surface area contributed by atoms with E-state index in [4.69, 9.17) is 4.74 Å². The van der Waals surface area contributed by atoms with Gasteiger partial charge in [-0.3, -0.25) is 0 Å². The van der Waals surface area contributed by atoms with Crippen molar-refractivity contribution in [2.75, 3.05) is 14.2 Å². The van der Waals surface area contributed by atoms with Crippen molar-refractivity contribution in [1.29, 1.82) is 0 Å². The molecule has 1 aromatic carbocycles. The third kappa shape index (κ3) is 2.22. The number of hydrogen-bond acceptors (Lipinski definition) is 5. The lowest BCUT2D eigenvalue weighted by Crippen LogP contribution is -2.37. The fraction of sp³-hybridized carbons (Fsp3) is 0.273. The summed E-state index contributed by atoms with van der Waals surface area (Å²) in [7, 11) is 0.260. The number of fused-ring (bicyclic) bond motifs is 1. The van der Waals surface area contributed by atoms with Gasteiger partial charge < -0.3 is 18.7 Å². The van der Waals surface area contributed by atoms with Gasteiger partial charge in [0.2, 0.25) is 6.20 Å². The average Bonchev–Trinajstić information content (AvgIpc) is 2.36. The molecule has 1 atom stereocenters. The predicted molar refractivity (Wildman–Crippen MR) is 63.7 cm³/mol. The number of nitrogens with zero attached hydrogens (tertiary/aromatic N) is 2. The first kappa shape index (κ1) is 13.0. The normalized spacial score (nSPS) is 14.4. The second-order valence-electron chi connectivity index (χ2n) is 3.75. The van der Waals surface area contributed by atoms with Crippen LogP contribution in [0.15, 0.2) is 24.4 Å². The minimum Gasteiger partial charge on any atom is -0.775 e. The lowest BCUT2D eigenvalue weighted by molar-refractivity contribution is -0.727. The molecule has 0 amide bonds. The maximum Gasteiger partial charge on any atom is 0.208 e. The minimum absolute atomic E-state index is 0.111. The molecule has 0 saturated carbocycles. The largest absolute Gasteiger partial charge is 0.775 e. The van der Waals surface area contributed by atoms with Crippen LogP contribution < -0.4 is 19.6 Å². The van der Waals surface area contributed by atoms with E-state index in [1.807, 2.05) is 0 Å². The van der Waals surface area contributed by atoms with E-state index in [1.165, 1.54) is 10.9 Å². The fourth-order valence-electron chi connectivity index (χ4n) is 1.70. The Kier molecular flexibility index (Phi) is 3.34. The van der Waals surface area contributed by atoms with Gasteiger partial charge in [0, 0.05) is 18.6 Å². The molecule has 2 rings (SSSR count). The second-order valence-corrected chi connectivity index (χ2v) is 5.59. The van der Waals surface area contributed by atoms with Crippen molar-refractivity contribution in [3.8, 4) is 5.75 Å². The molecule has 0 bridgehead atoms. The van der Waals surface area contributed by atoms with Gasteiger partial charge in [-0.25, -0.2) is 0 Å². The molecule has 0 N–H and O–H groups in total. The zero-order valence-corrected chi connectivity index (χ0v) is 11.2. The Bertz CT molecular complexity index is 644. The number of rotatable bonds is 3. The Morgan fingerprint density at radius 1 is 1.39 bits per heavy atom. The Morgan fingerprint density at radius 2 is 2.11 bits per heavy atom. The Morgan fingerprint density at radius 3 is 2.72 bits per heavy atom. The van der Waals surface area contributed by atoms with E-state index in [2.05, 4.69) is 9.62 Å². The number of hydrogen-bond donors (Lipinski definition) is 0. The Hall–Kier alpha value is -1.49. The molecule has 6 nitrogen and oxygen atoms in total. The summed E-state index contributed by atoms with van der Waals surface area (Å²) in [5, 5.41) is 4.83. The van der Waals surface area contributed by atoms with Crippen LogP contribution in [0.2, 0.25) is 0 Å². The van der Waals surface area contributed by atoms with Gasteiger partial charge >= 0.3 is 0 Å². The Labute approximate surface area is 104 Å². The highest BCUT2D eigenvalue weighted by Gasteiger charge is 2.20. The molecule has 0 spiro atoms. The minimum atomic E-state index is -4.07. The summed E-state index contributed by atoms with van der Waals surface area (Å²) >= 11 is 0. The highest BCUT2D eigenvalue weighted by atomic mass is 31.2. The molecule has 0 aliphatic rings. The molecule has 0 radical (unpaired) electrons. The molecule has 1 unspecified atom stereocenters. The quantitative estimate of drug-likeness (QED) is 0.573. The SMILES string of the molecule is COc1ccc2c(P(=O)([O-])OC)c[n+](C)nc2c1. The van der Waals surface area contributed by atoms with Crippen LogP contribution in [0.3, 0.4) is 0 Å². The van der Waals surface area contributed by atoms with Crippen molar-refractivity contribution in [1.82, 2.24) is 5.10 Å². The zero-order chi connectivity index (χ0) is 13.3. The summed E-state index contributed by atoms with van der Waals surface area (Å²) in [5.74, 6) is 0.616. The van der Waals surface area contributed by atoms with E-state index in [-0.39, 0.29) is 5.30 Å². The maximum atomic E-state index is 11.9. The monoisotopic (exact) mass is 268 g/mol. The summed E-state index contributed by atoms with van der Waals surface area (Å²) in [6.07, 6.45) is 1.42. The van der Waals surface area contributed by atoms with Gasteiger partial charge in [-0.05, 0) is 17.2 Å². The second kappa shape index (κ2) is 4.65. The van der Waals surface area contributed by atoms with Gasteiger partial charge in [-0.2, -0.15) is 0 Å². The number of methoxy groups -OCH3 is 1. The molecular weight excluding hydrogens is 255 g/mol. The lowest BCUT2D eigenvalue weighted by Gasteiger charge is -2.20.